The Bertz CT molecular complexity index is 619. The molecule has 138 valence electrons. The van der Waals surface area contributed by atoms with E-state index in [1.165, 1.54) is 11.1 Å². The van der Waals surface area contributed by atoms with Crippen LogP contribution in [0.2, 0.25) is 0 Å². The van der Waals surface area contributed by atoms with Gasteiger partial charge in [0.15, 0.2) is 16.6 Å². The summed E-state index contributed by atoms with van der Waals surface area (Å²) in [6, 6.07) is 4.70. The van der Waals surface area contributed by atoms with Crippen molar-refractivity contribution >= 4 is 17.3 Å². The predicted octanol–water partition coefficient (Wildman–Crippen LogP) is 2.66. The molecule has 0 saturated heterocycles. The zero-order chi connectivity index (χ0) is 18.4. The Hall–Kier alpha value is -1.79. The molecular weight excluding hydrogens is 334 g/mol. The van der Waals surface area contributed by atoms with Crippen molar-refractivity contribution in [1.82, 2.24) is 15.5 Å². The third-order valence-corrected chi connectivity index (χ3v) is 4.62. The number of hydrogen-bond acceptors (Lipinski definition) is 4. The van der Waals surface area contributed by atoms with Crippen LogP contribution < -0.4 is 20.1 Å². The standard InChI is InChI=1S/C19H29N3O2S/c1-6-8-22-9-7-14-10-17(23-4)18(24-5)11-15(14)16(22)12-20-19(25)21-13(2)3/h6,10-11,13,16H,1,7-9,12H2,2-5H3,(H2,20,21,25)/t16-/m1/s1. The molecule has 0 unspecified atom stereocenters. The number of thiocarbonyl (C=S) groups is 1. The summed E-state index contributed by atoms with van der Waals surface area (Å²) in [6.45, 7) is 10.6. The van der Waals surface area contributed by atoms with Crippen molar-refractivity contribution in [2.75, 3.05) is 33.9 Å². The van der Waals surface area contributed by atoms with Gasteiger partial charge in [0.2, 0.25) is 0 Å². The number of benzene rings is 1. The van der Waals surface area contributed by atoms with E-state index in [0.29, 0.717) is 11.2 Å². The van der Waals surface area contributed by atoms with Crippen molar-refractivity contribution in [3.05, 3.63) is 35.9 Å². The fourth-order valence-corrected chi connectivity index (χ4v) is 3.53. The van der Waals surface area contributed by atoms with Crippen LogP contribution >= 0.6 is 12.2 Å². The second-order valence-corrected chi connectivity index (χ2v) is 6.87. The molecule has 0 aliphatic carbocycles. The Kier molecular flexibility index (Phi) is 7.08. The van der Waals surface area contributed by atoms with Crippen LogP contribution in [-0.2, 0) is 6.42 Å². The molecule has 1 aliphatic rings. The molecule has 5 nitrogen and oxygen atoms in total. The highest BCUT2D eigenvalue weighted by atomic mass is 32.1. The Labute approximate surface area is 156 Å². The molecule has 2 rings (SSSR count). The number of rotatable bonds is 7. The summed E-state index contributed by atoms with van der Waals surface area (Å²) in [5.41, 5.74) is 2.55. The maximum atomic E-state index is 5.50. The predicted molar refractivity (Wildman–Crippen MR) is 107 cm³/mol. The molecule has 0 spiro atoms. The van der Waals surface area contributed by atoms with Crippen LogP contribution in [0.3, 0.4) is 0 Å². The average molecular weight is 364 g/mol. The summed E-state index contributed by atoms with van der Waals surface area (Å²) in [4.78, 5) is 2.41. The van der Waals surface area contributed by atoms with Crippen LogP contribution in [-0.4, -0.2) is 49.9 Å². The Morgan fingerprint density at radius 2 is 2.04 bits per heavy atom. The summed E-state index contributed by atoms with van der Waals surface area (Å²) in [6.07, 6.45) is 2.93. The lowest BCUT2D eigenvalue weighted by atomic mass is 9.91. The molecule has 0 amide bonds. The van der Waals surface area contributed by atoms with E-state index in [4.69, 9.17) is 21.7 Å². The molecular formula is C19H29N3O2S. The smallest absolute Gasteiger partial charge is 0.166 e. The number of methoxy groups -OCH3 is 2. The van der Waals surface area contributed by atoms with Crippen molar-refractivity contribution in [1.29, 1.82) is 0 Å². The number of hydrogen-bond donors (Lipinski definition) is 2. The third-order valence-electron chi connectivity index (χ3n) is 4.35. The lowest BCUT2D eigenvalue weighted by Crippen LogP contribution is -2.46. The van der Waals surface area contributed by atoms with E-state index >= 15 is 0 Å². The summed E-state index contributed by atoms with van der Waals surface area (Å²) >= 11 is 5.38. The van der Waals surface area contributed by atoms with Crippen LogP contribution in [0.4, 0.5) is 0 Å². The molecule has 1 atom stereocenters. The van der Waals surface area contributed by atoms with E-state index in [0.717, 1.165) is 37.6 Å². The van der Waals surface area contributed by atoms with E-state index in [9.17, 15) is 0 Å². The first-order valence-corrected chi connectivity index (χ1v) is 9.05. The minimum atomic E-state index is 0.202. The number of ether oxygens (including phenoxy) is 2. The zero-order valence-corrected chi connectivity index (χ0v) is 16.4. The first-order valence-electron chi connectivity index (χ1n) is 8.64. The van der Waals surface area contributed by atoms with E-state index < -0.39 is 0 Å². The maximum absolute atomic E-state index is 5.50. The van der Waals surface area contributed by atoms with Gasteiger partial charge in [0.05, 0.1) is 20.3 Å². The number of nitrogens with one attached hydrogen (secondary N) is 2. The molecule has 0 aromatic heterocycles. The second kappa shape index (κ2) is 9.06. The van der Waals surface area contributed by atoms with Gasteiger partial charge in [-0.3, -0.25) is 4.90 Å². The quantitative estimate of drug-likeness (QED) is 0.574. The lowest BCUT2D eigenvalue weighted by molar-refractivity contribution is 0.205. The molecule has 0 bridgehead atoms. The zero-order valence-electron chi connectivity index (χ0n) is 15.6. The first-order chi connectivity index (χ1) is 12.0. The van der Waals surface area contributed by atoms with Crippen molar-refractivity contribution < 1.29 is 9.47 Å². The summed E-state index contributed by atoms with van der Waals surface area (Å²) in [5.74, 6) is 1.54. The Morgan fingerprint density at radius 1 is 1.36 bits per heavy atom. The highest BCUT2D eigenvalue weighted by molar-refractivity contribution is 7.80. The summed E-state index contributed by atoms with van der Waals surface area (Å²) < 4.78 is 11.0. The molecule has 2 N–H and O–H groups in total. The number of fused-ring (bicyclic) bond motifs is 1. The fourth-order valence-electron chi connectivity index (χ4n) is 3.21. The van der Waals surface area contributed by atoms with Crippen molar-refractivity contribution in [3.8, 4) is 11.5 Å². The van der Waals surface area contributed by atoms with Crippen LogP contribution in [0.1, 0.15) is 31.0 Å². The maximum Gasteiger partial charge on any atom is 0.166 e. The van der Waals surface area contributed by atoms with Crippen molar-refractivity contribution in [2.45, 2.75) is 32.4 Å². The van der Waals surface area contributed by atoms with E-state index in [1.807, 2.05) is 6.08 Å². The SMILES string of the molecule is C=CCN1CCc2cc(OC)c(OC)cc2[C@H]1CNC(=S)NC(C)C. The molecule has 1 heterocycles. The topological polar surface area (TPSA) is 45.8 Å². The lowest BCUT2D eigenvalue weighted by Gasteiger charge is -2.37. The van der Waals surface area contributed by atoms with Gasteiger partial charge in [0, 0.05) is 25.7 Å². The van der Waals surface area contributed by atoms with Crippen LogP contribution in [0, 0.1) is 0 Å². The average Bonchev–Trinajstić information content (AvgIpc) is 2.59. The number of nitrogens with zero attached hydrogens (tertiary/aromatic N) is 1. The van der Waals surface area contributed by atoms with Gasteiger partial charge in [-0.2, -0.15) is 0 Å². The van der Waals surface area contributed by atoms with E-state index in [1.54, 1.807) is 14.2 Å². The second-order valence-electron chi connectivity index (χ2n) is 6.46. The highest BCUT2D eigenvalue weighted by Crippen LogP contribution is 2.37. The molecule has 0 radical (unpaired) electrons. The van der Waals surface area contributed by atoms with Gasteiger partial charge >= 0.3 is 0 Å². The molecule has 6 heteroatoms. The minimum absolute atomic E-state index is 0.202. The van der Waals surface area contributed by atoms with Gasteiger partial charge in [-0.15, -0.1) is 6.58 Å². The van der Waals surface area contributed by atoms with Gasteiger partial charge in [0.1, 0.15) is 0 Å². The molecule has 1 aliphatic heterocycles. The monoisotopic (exact) mass is 363 g/mol. The van der Waals surface area contributed by atoms with Crippen LogP contribution in [0.25, 0.3) is 0 Å². The molecule has 1 aromatic rings. The van der Waals surface area contributed by atoms with Gasteiger partial charge in [0.25, 0.3) is 0 Å². The van der Waals surface area contributed by atoms with Gasteiger partial charge in [-0.05, 0) is 55.7 Å². The largest absolute Gasteiger partial charge is 0.493 e. The molecule has 0 fully saturated rings. The van der Waals surface area contributed by atoms with Crippen molar-refractivity contribution in [2.24, 2.45) is 0 Å². The minimum Gasteiger partial charge on any atom is -0.493 e. The summed E-state index contributed by atoms with van der Waals surface area (Å²) in [5, 5.41) is 7.26. The third kappa shape index (κ3) is 4.86. The molecule has 0 saturated carbocycles. The normalized spacial score (nSPS) is 16.9. The Morgan fingerprint density at radius 3 is 2.64 bits per heavy atom. The van der Waals surface area contributed by atoms with Crippen LogP contribution in [0.5, 0.6) is 11.5 Å². The fraction of sp³-hybridized carbons (Fsp3) is 0.526. The highest BCUT2D eigenvalue weighted by Gasteiger charge is 2.28. The van der Waals surface area contributed by atoms with E-state index in [2.05, 4.69) is 48.1 Å². The summed E-state index contributed by atoms with van der Waals surface area (Å²) in [7, 11) is 3.34. The molecule has 1 aromatic carbocycles. The molecule has 25 heavy (non-hydrogen) atoms. The van der Waals surface area contributed by atoms with Gasteiger partial charge in [-0.25, -0.2) is 0 Å². The van der Waals surface area contributed by atoms with Crippen LogP contribution in [0.15, 0.2) is 24.8 Å². The van der Waals surface area contributed by atoms with Gasteiger partial charge in [-0.1, -0.05) is 6.08 Å². The first kappa shape index (κ1) is 19.5. The van der Waals surface area contributed by atoms with E-state index in [-0.39, 0.29) is 6.04 Å². The van der Waals surface area contributed by atoms with Crippen molar-refractivity contribution in [3.63, 3.8) is 0 Å². The van der Waals surface area contributed by atoms with Gasteiger partial charge < -0.3 is 20.1 Å². The Balaban J connectivity index is 2.27.